The molecule has 3 fully saturated rings. The monoisotopic (exact) mass is 421 g/mol. The summed E-state index contributed by atoms with van der Waals surface area (Å²) in [5.41, 5.74) is 0.213. The molecule has 0 unspecified atom stereocenters. The molecule has 3 aliphatic heterocycles. The third-order valence-electron chi connectivity index (χ3n) is 5.30. The SMILES string of the molecule is O=C(N[C@H]1CN2CCC1CC2)c1ccc(Oc2cccc(NC(=O)C(F)F)c2)s1. The van der Waals surface area contributed by atoms with Crippen LogP contribution in [-0.4, -0.2) is 48.8 Å². The third-order valence-corrected chi connectivity index (χ3v) is 6.26. The number of hydrogen-bond acceptors (Lipinski definition) is 5. The molecule has 3 aliphatic rings. The average molecular weight is 421 g/mol. The smallest absolute Gasteiger partial charge is 0.315 e. The minimum atomic E-state index is -3.09. The third kappa shape index (κ3) is 4.73. The fourth-order valence-corrected chi connectivity index (χ4v) is 4.59. The van der Waals surface area contributed by atoms with E-state index in [9.17, 15) is 18.4 Å². The number of halogens is 2. The minimum absolute atomic E-state index is 0.110. The highest BCUT2D eigenvalue weighted by atomic mass is 32.1. The van der Waals surface area contributed by atoms with E-state index in [2.05, 4.69) is 15.5 Å². The first-order valence-corrected chi connectivity index (χ1v) is 10.3. The molecule has 2 N–H and O–H groups in total. The van der Waals surface area contributed by atoms with Gasteiger partial charge in [0.25, 0.3) is 11.8 Å². The van der Waals surface area contributed by atoms with Crippen molar-refractivity contribution in [2.24, 2.45) is 5.92 Å². The molecule has 3 saturated heterocycles. The molecular weight excluding hydrogens is 400 g/mol. The Hall–Kier alpha value is -2.52. The van der Waals surface area contributed by atoms with Crippen LogP contribution in [0.5, 0.6) is 10.8 Å². The van der Waals surface area contributed by atoms with Crippen LogP contribution in [0.25, 0.3) is 0 Å². The van der Waals surface area contributed by atoms with Crippen molar-refractivity contribution in [1.29, 1.82) is 0 Å². The number of carbonyl (C=O) groups excluding carboxylic acids is 2. The van der Waals surface area contributed by atoms with E-state index in [1.165, 1.54) is 23.5 Å². The van der Waals surface area contributed by atoms with E-state index < -0.39 is 12.3 Å². The quantitative estimate of drug-likeness (QED) is 0.748. The van der Waals surface area contributed by atoms with Gasteiger partial charge in [0.2, 0.25) is 0 Å². The lowest BCUT2D eigenvalue weighted by Crippen LogP contribution is -2.57. The molecule has 1 aromatic heterocycles. The Morgan fingerprint density at radius 2 is 1.97 bits per heavy atom. The first kappa shape index (κ1) is 19.8. The van der Waals surface area contributed by atoms with Gasteiger partial charge in [-0.15, -0.1) is 0 Å². The molecule has 4 heterocycles. The summed E-state index contributed by atoms with van der Waals surface area (Å²) in [4.78, 5) is 26.7. The fourth-order valence-electron chi connectivity index (χ4n) is 3.82. The zero-order valence-corrected chi connectivity index (χ0v) is 16.4. The number of rotatable bonds is 6. The van der Waals surface area contributed by atoms with Crippen molar-refractivity contribution < 1.29 is 23.1 Å². The Balaban J connectivity index is 1.37. The van der Waals surface area contributed by atoms with Crippen LogP contribution in [0.3, 0.4) is 0 Å². The van der Waals surface area contributed by atoms with E-state index in [-0.39, 0.29) is 17.6 Å². The van der Waals surface area contributed by atoms with Crippen molar-refractivity contribution in [3.63, 3.8) is 0 Å². The van der Waals surface area contributed by atoms with Crippen LogP contribution in [0, 0.1) is 5.92 Å². The van der Waals surface area contributed by atoms with Crippen LogP contribution in [0.4, 0.5) is 14.5 Å². The number of alkyl halides is 2. The largest absolute Gasteiger partial charge is 0.447 e. The number of ether oxygens (including phenoxy) is 1. The van der Waals surface area contributed by atoms with Crippen molar-refractivity contribution in [1.82, 2.24) is 10.2 Å². The number of fused-ring (bicyclic) bond motifs is 3. The fraction of sp³-hybridized carbons (Fsp3) is 0.400. The summed E-state index contributed by atoms with van der Waals surface area (Å²) in [6.07, 6.45) is -0.834. The second-order valence-electron chi connectivity index (χ2n) is 7.26. The van der Waals surface area contributed by atoms with Gasteiger partial charge in [0.05, 0.1) is 4.88 Å². The molecule has 0 spiro atoms. The Morgan fingerprint density at radius 1 is 1.17 bits per heavy atom. The van der Waals surface area contributed by atoms with Gasteiger partial charge in [-0.25, -0.2) is 0 Å². The van der Waals surface area contributed by atoms with Gasteiger partial charge >= 0.3 is 6.43 Å². The van der Waals surface area contributed by atoms with Gasteiger partial charge < -0.3 is 20.3 Å². The molecular formula is C20H21F2N3O3S. The van der Waals surface area contributed by atoms with Crippen molar-refractivity contribution in [2.45, 2.75) is 25.3 Å². The maximum Gasteiger partial charge on any atom is 0.315 e. The molecule has 0 saturated carbocycles. The second-order valence-corrected chi connectivity index (χ2v) is 8.30. The number of piperidine rings is 3. The predicted octanol–water partition coefficient (Wildman–Crippen LogP) is 3.57. The van der Waals surface area contributed by atoms with E-state index in [4.69, 9.17) is 4.74 Å². The number of nitrogens with one attached hydrogen (secondary N) is 2. The maximum atomic E-state index is 12.6. The zero-order valence-electron chi connectivity index (χ0n) is 15.6. The summed E-state index contributed by atoms with van der Waals surface area (Å²) < 4.78 is 30.5. The molecule has 0 aliphatic carbocycles. The summed E-state index contributed by atoms with van der Waals surface area (Å²) in [7, 11) is 0. The Labute approximate surface area is 170 Å². The number of benzene rings is 1. The van der Waals surface area contributed by atoms with Gasteiger partial charge in [0.1, 0.15) is 5.75 Å². The van der Waals surface area contributed by atoms with E-state index in [0.29, 0.717) is 21.6 Å². The highest BCUT2D eigenvalue weighted by Gasteiger charge is 2.35. The van der Waals surface area contributed by atoms with Crippen LogP contribution >= 0.6 is 11.3 Å². The van der Waals surface area contributed by atoms with Gasteiger partial charge in [-0.1, -0.05) is 17.4 Å². The summed E-state index contributed by atoms with van der Waals surface area (Å²) in [6.45, 7) is 3.14. The Morgan fingerprint density at radius 3 is 2.66 bits per heavy atom. The Kier molecular flexibility index (Phi) is 5.77. The summed E-state index contributed by atoms with van der Waals surface area (Å²) in [5, 5.41) is 5.76. The lowest BCUT2D eigenvalue weighted by Gasteiger charge is -2.44. The van der Waals surface area contributed by atoms with Crippen LogP contribution < -0.4 is 15.4 Å². The van der Waals surface area contributed by atoms with Crippen LogP contribution in [0.1, 0.15) is 22.5 Å². The van der Waals surface area contributed by atoms with Gasteiger partial charge in [-0.05, 0) is 56.1 Å². The van der Waals surface area contributed by atoms with E-state index in [1.807, 2.05) is 0 Å². The zero-order chi connectivity index (χ0) is 20.4. The lowest BCUT2D eigenvalue weighted by molar-refractivity contribution is -0.126. The number of nitrogens with zero attached hydrogens (tertiary/aromatic N) is 1. The molecule has 5 rings (SSSR count). The molecule has 9 heteroatoms. The first-order valence-electron chi connectivity index (χ1n) is 9.48. The second kappa shape index (κ2) is 8.46. The molecule has 1 aromatic carbocycles. The highest BCUT2D eigenvalue weighted by Crippen LogP contribution is 2.32. The molecule has 2 bridgehead atoms. The molecule has 2 aromatic rings. The molecule has 6 nitrogen and oxygen atoms in total. The highest BCUT2D eigenvalue weighted by molar-refractivity contribution is 7.15. The topological polar surface area (TPSA) is 70.7 Å². The maximum absolute atomic E-state index is 12.6. The standard InChI is InChI=1S/C20H21F2N3O3S/c21-18(22)20(27)23-13-2-1-3-14(10-13)28-17-5-4-16(29-17)19(26)24-15-11-25-8-6-12(15)7-9-25/h1-5,10,12,15,18H,6-9,11H2,(H,23,27)(H,24,26)/t15-/m0/s1. The van der Waals surface area contributed by atoms with Crippen molar-refractivity contribution >= 4 is 28.8 Å². The van der Waals surface area contributed by atoms with E-state index >= 15 is 0 Å². The molecule has 154 valence electrons. The van der Waals surface area contributed by atoms with Gasteiger partial charge in [-0.2, -0.15) is 8.78 Å². The number of anilines is 1. The normalized spacial score (nSPS) is 23.1. The summed E-state index contributed by atoms with van der Waals surface area (Å²) in [6, 6.07) is 9.77. The number of amides is 2. The molecule has 2 amide bonds. The predicted molar refractivity (Wildman–Crippen MR) is 106 cm³/mol. The first-order chi connectivity index (χ1) is 14.0. The van der Waals surface area contributed by atoms with Gasteiger partial charge in [0.15, 0.2) is 5.06 Å². The average Bonchev–Trinajstić information content (AvgIpc) is 3.18. The van der Waals surface area contributed by atoms with Crippen LogP contribution in [-0.2, 0) is 4.79 Å². The summed E-state index contributed by atoms with van der Waals surface area (Å²) >= 11 is 1.21. The van der Waals surface area contributed by atoms with Crippen LogP contribution in [0.15, 0.2) is 36.4 Å². The van der Waals surface area contributed by atoms with Gasteiger partial charge in [0, 0.05) is 24.3 Å². The lowest BCUT2D eigenvalue weighted by atomic mass is 9.84. The Bertz CT molecular complexity index is 897. The van der Waals surface area contributed by atoms with E-state index in [0.717, 1.165) is 32.5 Å². The number of carbonyl (C=O) groups is 2. The molecule has 0 radical (unpaired) electrons. The molecule has 1 atom stereocenters. The van der Waals surface area contributed by atoms with Crippen molar-refractivity contribution in [2.75, 3.05) is 25.0 Å². The minimum Gasteiger partial charge on any atom is -0.447 e. The summed E-state index contributed by atoms with van der Waals surface area (Å²) in [5.74, 6) is -0.555. The number of hydrogen-bond donors (Lipinski definition) is 2. The molecule has 29 heavy (non-hydrogen) atoms. The van der Waals surface area contributed by atoms with Crippen molar-refractivity contribution in [3.8, 4) is 10.8 Å². The van der Waals surface area contributed by atoms with E-state index in [1.54, 1.807) is 24.3 Å². The van der Waals surface area contributed by atoms with Crippen LogP contribution in [0.2, 0.25) is 0 Å². The van der Waals surface area contributed by atoms with Crippen molar-refractivity contribution in [3.05, 3.63) is 41.3 Å². The van der Waals surface area contributed by atoms with Gasteiger partial charge in [-0.3, -0.25) is 9.59 Å². The number of thiophene rings is 1.